The van der Waals surface area contributed by atoms with Crippen LogP contribution in [-0.4, -0.2) is 50.0 Å². The number of carbonyl (C=O) groups is 2. The van der Waals surface area contributed by atoms with Crippen molar-refractivity contribution in [1.29, 1.82) is 0 Å². The molecule has 0 unspecified atom stereocenters. The van der Waals surface area contributed by atoms with Gasteiger partial charge in [0.15, 0.2) is 0 Å². The van der Waals surface area contributed by atoms with E-state index in [0.717, 1.165) is 6.42 Å². The summed E-state index contributed by atoms with van der Waals surface area (Å²) in [4.78, 5) is 23.0. The van der Waals surface area contributed by atoms with E-state index in [1.807, 2.05) is 6.92 Å². The summed E-state index contributed by atoms with van der Waals surface area (Å²) < 4.78 is 10.4. The number of carboxylic acid groups (broad SMARTS) is 1. The third kappa shape index (κ3) is 5.16. The van der Waals surface area contributed by atoms with Crippen LogP contribution in [0.15, 0.2) is 0 Å². The summed E-state index contributed by atoms with van der Waals surface area (Å²) in [6, 6.07) is 0. The lowest BCUT2D eigenvalue weighted by Gasteiger charge is -2.33. The lowest BCUT2D eigenvalue weighted by atomic mass is 9.80. The van der Waals surface area contributed by atoms with Crippen molar-refractivity contribution in [3.8, 4) is 0 Å². The summed E-state index contributed by atoms with van der Waals surface area (Å²) in [5.74, 6) is -1.03. The van der Waals surface area contributed by atoms with Crippen LogP contribution in [-0.2, 0) is 19.1 Å². The van der Waals surface area contributed by atoms with E-state index in [-0.39, 0.29) is 18.9 Å². The average Bonchev–Trinajstić information content (AvgIpc) is 2.42. The predicted molar refractivity (Wildman–Crippen MR) is 68.9 cm³/mol. The van der Waals surface area contributed by atoms with Gasteiger partial charge in [0.25, 0.3) is 0 Å². The number of hydrogen-bond donors (Lipinski definition) is 2. The number of aliphatic carboxylic acids is 1. The molecule has 6 heteroatoms. The summed E-state index contributed by atoms with van der Waals surface area (Å²) in [5.41, 5.74) is -0.877. The van der Waals surface area contributed by atoms with Crippen LogP contribution in [0.25, 0.3) is 0 Å². The zero-order valence-corrected chi connectivity index (χ0v) is 11.4. The Morgan fingerprint density at radius 2 is 2.00 bits per heavy atom. The highest BCUT2D eigenvalue weighted by Gasteiger charge is 2.40. The Labute approximate surface area is 113 Å². The number of amides is 1. The van der Waals surface area contributed by atoms with Crippen LogP contribution >= 0.6 is 0 Å². The summed E-state index contributed by atoms with van der Waals surface area (Å²) in [6.45, 7) is 4.05. The van der Waals surface area contributed by atoms with Crippen LogP contribution in [0.5, 0.6) is 0 Å². The first-order valence-electron chi connectivity index (χ1n) is 6.76. The normalized spacial score (nSPS) is 17.9. The highest BCUT2D eigenvalue weighted by molar-refractivity contribution is 5.79. The van der Waals surface area contributed by atoms with Crippen LogP contribution < -0.4 is 5.32 Å². The summed E-state index contributed by atoms with van der Waals surface area (Å²) in [5, 5.41) is 12.0. The number of carboxylic acids is 1. The molecule has 0 spiro atoms. The zero-order chi connectivity index (χ0) is 14.1. The van der Waals surface area contributed by atoms with Crippen LogP contribution in [0.3, 0.4) is 0 Å². The van der Waals surface area contributed by atoms with Gasteiger partial charge in [0.05, 0.1) is 12.0 Å². The van der Waals surface area contributed by atoms with E-state index >= 15 is 0 Å². The molecule has 110 valence electrons. The standard InChI is InChI=1S/C13H23NO5/c1-2-6-18-7-3-11(15)14-10-13(12(16)17)4-8-19-9-5-13/h2-10H2,1H3,(H,14,15)(H,16,17). The van der Waals surface area contributed by atoms with Gasteiger partial charge >= 0.3 is 5.97 Å². The Morgan fingerprint density at radius 3 is 2.58 bits per heavy atom. The average molecular weight is 273 g/mol. The lowest BCUT2D eigenvalue weighted by molar-refractivity contribution is -0.154. The van der Waals surface area contributed by atoms with Crippen molar-refractivity contribution < 1.29 is 24.2 Å². The quantitative estimate of drug-likeness (QED) is 0.639. The SMILES string of the molecule is CCCOCCC(=O)NCC1(C(=O)O)CCOCC1. The molecule has 0 aromatic heterocycles. The fourth-order valence-electron chi connectivity index (χ4n) is 2.00. The van der Waals surface area contributed by atoms with Crippen LogP contribution in [0.1, 0.15) is 32.6 Å². The third-order valence-corrected chi connectivity index (χ3v) is 3.35. The molecule has 0 aromatic carbocycles. The molecule has 1 fully saturated rings. The summed E-state index contributed by atoms with van der Waals surface area (Å²) in [7, 11) is 0. The molecular weight excluding hydrogens is 250 g/mol. The first kappa shape index (κ1) is 15.9. The van der Waals surface area contributed by atoms with Crippen molar-refractivity contribution in [3.63, 3.8) is 0 Å². The second kappa shape index (κ2) is 8.12. The first-order valence-corrected chi connectivity index (χ1v) is 6.76. The summed E-state index contributed by atoms with van der Waals surface area (Å²) >= 11 is 0. The fraction of sp³-hybridized carbons (Fsp3) is 0.846. The van der Waals surface area contributed by atoms with Crippen molar-refractivity contribution in [2.24, 2.45) is 5.41 Å². The number of carbonyl (C=O) groups excluding carboxylic acids is 1. The topological polar surface area (TPSA) is 84.9 Å². The second-order valence-electron chi connectivity index (χ2n) is 4.84. The lowest BCUT2D eigenvalue weighted by Crippen LogP contribution is -2.46. The molecule has 1 amide bonds. The molecule has 1 rings (SSSR count). The highest BCUT2D eigenvalue weighted by Crippen LogP contribution is 2.30. The molecule has 1 saturated heterocycles. The van der Waals surface area contributed by atoms with Gasteiger partial charge in [0.2, 0.25) is 5.91 Å². The molecule has 0 saturated carbocycles. The summed E-state index contributed by atoms with van der Waals surface area (Å²) in [6.07, 6.45) is 2.07. The Balaban J connectivity index is 2.31. The molecule has 1 aliphatic heterocycles. The molecule has 0 atom stereocenters. The van der Waals surface area contributed by atoms with Crippen LogP contribution in [0.4, 0.5) is 0 Å². The van der Waals surface area contributed by atoms with Gasteiger partial charge in [-0.05, 0) is 19.3 Å². The molecular formula is C13H23NO5. The van der Waals surface area contributed by atoms with Gasteiger partial charge in [-0.15, -0.1) is 0 Å². The Morgan fingerprint density at radius 1 is 1.32 bits per heavy atom. The van der Waals surface area contributed by atoms with Crippen LogP contribution in [0, 0.1) is 5.41 Å². The minimum atomic E-state index is -0.877. The highest BCUT2D eigenvalue weighted by atomic mass is 16.5. The number of rotatable bonds is 8. The smallest absolute Gasteiger partial charge is 0.311 e. The van der Waals surface area contributed by atoms with Crippen molar-refractivity contribution in [1.82, 2.24) is 5.32 Å². The van der Waals surface area contributed by atoms with E-state index < -0.39 is 11.4 Å². The van der Waals surface area contributed by atoms with E-state index in [4.69, 9.17) is 9.47 Å². The maximum atomic E-state index is 11.6. The molecule has 0 aliphatic carbocycles. The first-order chi connectivity index (χ1) is 9.10. The van der Waals surface area contributed by atoms with Gasteiger partial charge in [-0.25, -0.2) is 0 Å². The van der Waals surface area contributed by atoms with Gasteiger partial charge in [-0.2, -0.15) is 0 Å². The van der Waals surface area contributed by atoms with E-state index in [1.165, 1.54) is 0 Å². The maximum Gasteiger partial charge on any atom is 0.311 e. The van der Waals surface area contributed by atoms with Gasteiger partial charge in [-0.1, -0.05) is 6.92 Å². The van der Waals surface area contributed by atoms with Crippen LogP contribution in [0.2, 0.25) is 0 Å². The molecule has 1 aliphatic rings. The van der Waals surface area contributed by atoms with Gasteiger partial charge in [0, 0.05) is 32.8 Å². The van der Waals surface area contributed by atoms with Crippen molar-refractivity contribution in [3.05, 3.63) is 0 Å². The van der Waals surface area contributed by atoms with E-state index in [9.17, 15) is 14.7 Å². The minimum absolute atomic E-state index is 0.164. The molecule has 1 heterocycles. The Kier molecular flexibility index (Phi) is 6.80. The molecule has 0 aromatic rings. The fourth-order valence-corrected chi connectivity index (χ4v) is 2.00. The number of nitrogens with one attached hydrogen (secondary N) is 1. The zero-order valence-electron chi connectivity index (χ0n) is 11.4. The third-order valence-electron chi connectivity index (χ3n) is 3.35. The number of ether oxygens (including phenoxy) is 2. The van der Waals surface area contributed by atoms with E-state index in [0.29, 0.717) is 39.3 Å². The van der Waals surface area contributed by atoms with Gasteiger partial charge in [0.1, 0.15) is 0 Å². The Bertz CT molecular complexity index is 299. The van der Waals surface area contributed by atoms with Crippen molar-refractivity contribution in [2.45, 2.75) is 32.6 Å². The maximum absolute atomic E-state index is 11.6. The molecule has 2 N–H and O–H groups in total. The molecule has 6 nitrogen and oxygen atoms in total. The minimum Gasteiger partial charge on any atom is -0.481 e. The molecule has 0 radical (unpaired) electrons. The monoisotopic (exact) mass is 273 g/mol. The number of hydrogen-bond acceptors (Lipinski definition) is 4. The van der Waals surface area contributed by atoms with Crippen molar-refractivity contribution >= 4 is 11.9 Å². The molecule has 19 heavy (non-hydrogen) atoms. The van der Waals surface area contributed by atoms with E-state index in [1.54, 1.807) is 0 Å². The predicted octanol–water partition coefficient (Wildman–Crippen LogP) is 0.801. The largest absolute Gasteiger partial charge is 0.481 e. The Hall–Kier alpha value is -1.14. The second-order valence-corrected chi connectivity index (χ2v) is 4.84. The van der Waals surface area contributed by atoms with Gasteiger partial charge < -0.3 is 19.9 Å². The van der Waals surface area contributed by atoms with Crippen molar-refractivity contribution in [2.75, 3.05) is 33.0 Å². The molecule has 0 bridgehead atoms. The van der Waals surface area contributed by atoms with E-state index in [2.05, 4.69) is 5.32 Å². The van der Waals surface area contributed by atoms with Gasteiger partial charge in [-0.3, -0.25) is 9.59 Å².